The van der Waals surface area contributed by atoms with Crippen LogP contribution in [0, 0.1) is 11.8 Å². The molecule has 0 N–H and O–H groups in total. The second kappa shape index (κ2) is 8.58. The standard InChI is InChI=1S/C11H19NO2/c1-4-6-7-9-12(5-2)10-8-11(13)14-3/h5,7-10H2,1-3H3. The first-order valence-electron chi connectivity index (χ1n) is 4.93. The summed E-state index contributed by atoms with van der Waals surface area (Å²) < 4.78 is 4.58. The predicted octanol–water partition coefficient (Wildman–Crippen LogP) is 1.28. The fourth-order valence-electron chi connectivity index (χ4n) is 1.12. The van der Waals surface area contributed by atoms with Crippen LogP contribution < -0.4 is 0 Å². The minimum absolute atomic E-state index is 0.148. The van der Waals surface area contributed by atoms with E-state index in [9.17, 15) is 4.79 Å². The van der Waals surface area contributed by atoms with Crippen LogP contribution in [0.5, 0.6) is 0 Å². The van der Waals surface area contributed by atoms with Gasteiger partial charge in [-0.1, -0.05) is 6.92 Å². The Hall–Kier alpha value is -1.01. The molecular formula is C11H19NO2. The first-order valence-corrected chi connectivity index (χ1v) is 4.93. The summed E-state index contributed by atoms with van der Waals surface area (Å²) in [5.41, 5.74) is 0. The molecule has 0 aromatic heterocycles. The van der Waals surface area contributed by atoms with Gasteiger partial charge in [-0.25, -0.2) is 0 Å². The fourth-order valence-corrected chi connectivity index (χ4v) is 1.12. The zero-order valence-corrected chi connectivity index (χ0v) is 9.30. The van der Waals surface area contributed by atoms with Gasteiger partial charge in [0.05, 0.1) is 13.5 Å². The molecule has 0 spiro atoms. The Morgan fingerprint density at radius 1 is 1.43 bits per heavy atom. The lowest BCUT2D eigenvalue weighted by molar-refractivity contribution is -0.140. The number of hydrogen-bond acceptors (Lipinski definition) is 3. The van der Waals surface area contributed by atoms with Crippen molar-refractivity contribution < 1.29 is 9.53 Å². The van der Waals surface area contributed by atoms with Gasteiger partial charge in [-0.2, -0.15) is 0 Å². The van der Waals surface area contributed by atoms with Crippen molar-refractivity contribution in [3.8, 4) is 11.8 Å². The molecule has 0 aliphatic rings. The van der Waals surface area contributed by atoms with E-state index in [4.69, 9.17) is 0 Å². The van der Waals surface area contributed by atoms with E-state index in [0.717, 1.165) is 26.1 Å². The fraction of sp³-hybridized carbons (Fsp3) is 0.727. The molecular weight excluding hydrogens is 178 g/mol. The van der Waals surface area contributed by atoms with Crippen molar-refractivity contribution in [3.63, 3.8) is 0 Å². The zero-order valence-electron chi connectivity index (χ0n) is 9.30. The van der Waals surface area contributed by atoms with Crippen LogP contribution in [-0.2, 0) is 9.53 Å². The molecule has 80 valence electrons. The highest BCUT2D eigenvalue weighted by molar-refractivity contribution is 5.69. The largest absolute Gasteiger partial charge is 0.469 e. The maximum Gasteiger partial charge on any atom is 0.306 e. The number of esters is 1. The van der Waals surface area contributed by atoms with E-state index in [0.29, 0.717) is 6.42 Å². The van der Waals surface area contributed by atoms with E-state index in [1.807, 2.05) is 6.92 Å². The van der Waals surface area contributed by atoms with Gasteiger partial charge in [-0.05, 0) is 13.5 Å². The summed E-state index contributed by atoms with van der Waals surface area (Å²) in [7, 11) is 1.42. The van der Waals surface area contributed by atoms with Crippen molar-refractivity contribution in [3.05, 3.63) is 0 Å². The maximum absolute atomic E-state index is 10.9. The molecule has 3 heteroatoms. The summed E-state index contributed by atoms with van der Waals surface area (Å²) in [5, 5.41) is 0. The quantitative estimate of drug-likeness (QED) is 0.474. The van der Waals surface area contributed by atoms with Crippen LogP contribution in [-0.4, -0.2) is 37.6 Å². The summed E-state index contributed by atoms with van der Waals surface area (Å²) in [6.07, 6.45) is 1.33. The molecule has 14 heavy (non-hydrogen) atoms. The first kappa shape index (κ1) is 13.0. The smallest absolute Gasteiger partial charge is 0.306 e. The van der Waals surface area contributed by atoms with Crippen LogP contribution in [0.25, 0.3) is 0 Å². The average Bonchev–Trinajstić information content (AvgIpc) is 2.22. The predicted molar refractivity (Wildman–Crippen MR) is 56.8 cm³/mol. The van der Waals surface area contributed by atoms with Gasteiger partial charge in [-0.15, -0.1) is 11.8 Å². The van der Waals surface area contributed by atoms with Crippen LogP contribution in [0.3, 0.4) is 0 Å². The molecule has 0 aromatic carbocycles. The van der Waals surface area contributed by atoms with Crippen LogP contribution in [0.2, 0.25) is 0 Å². The Bertz CT molecular complexity index is 215. The van der Waals surface area contributed by atoms with E-state index < -0.39 is 0 Å². The van der Waals surface area contributed by atoms with Crippen LogP contribution >= 0.6 is 0 Å². The summed E-state index contributed by atoms with van der Waals surface area (Å²) in [4.78, 5) is 13.1. The number of rotatable bonds is 6. The third-order valence-corrected chi connectivity index (χ3v) is 2.04. The summed E-state index contributed by atoms with van der Waals surface area (Å²) in [6, 6.07) is 0. The molecule has 0 fully saturated rings. The monoisotopic (exact) mass is 197 g/mol. The highest BCUT2D eigenvalue weighted by atomic mass is 16.5. The lowest BCUT2D eigenvalue weighted by Gasteiger charge is -2.17. The summed E-state index contributed by atoms with van der Waals surface area (Å²) in [5.74, 6) is 5.71. The maximum atomic E-state index is 10.9. The third-order valence-electron chi connectivity index (χ3n) is 2.04. The average molecular weight is 197 g/mol. The molecule has 0 bridgehead atoms. The molecule has 0 aliphatic heterocycles. The van der Waals surface area contributed by atoms with Crippen molar-refractivity contribution in [2.75, 3.05) is 26.7 Å². The highest BCUT2D eigenvalue weighted by Gasteiger charge is 2.05. The Kier molecular flexibility index (Phi) is 7.96. The van der Waals surface area contributed by atoms with E-state index in [2.05, 4.69) is 28.4 Å². The Morgan fingerprint density at radius 3 is 2.64 bits per heavy atom. The summed E-state index contributed by atoms with van der Waals surface area (Å²) >= 11 is 0. The minimum Gasteiger partial charge on any atom is -0.469 e. The lowest BCUT2D eigenvalue weighted by Crippen LogP contribution is -2.27. The van der Waals surface area contributed by atoms with Gasteiger partial charge < -0.3 is 9.64 Å². The second-order valence-corrected chi connectivity index (χ2v) is 2.94. The number of carbonyl (C=O) groups is 1. The van der Waals surface area contributed by atoms with Gasteiger partial charge in [0.15, 0.2) is 0 Å². The molecule has 0 unspecified atom stereocenters. The van der Waals surface area contributed by atoms with Crippen LogP contribution in [0.15, 0.2) is 0 Å². The Balaban J connectivity index is 3.66. The Labute approximate surface area is 86.4 Å². The lowest BCUT2D eigenvalue weighted by atomic mass is 10.3. The molecule has 0 amide bonds. The van der Waals surface area contributed by atoms with Gasteiger partial charge in [0.2, 0.25) is 0 Å². The van der Waals surface area contributed by atoms with Gasteiger partial charge in [0.25, 0.3) is 0 Å². The second-order valence-electron chi connectivity index (χ2n) is 2.94. The van der Waals surface area contributed by atoms with E-state index in [1.54, 1.807) is 0 Å². The molecule has 0 atom stereocenters. The first-order chi connectivity index (χ1) is 6.74. The van der Waals surface area contributed by atoms with E-state index in [-0.39, 0.29) is 5.97 Å². The molecule has 0 heterocycles. The van der Waals surface area contributed by atoms with E-state index in [1.165, 1.54) is 7.11 Å². The SMILES string of the molecule is CC#CCCN(CC)CCC(=O)OC. The number of carbonyl (C=O) groups excluding carboxylic acids is 1. The summed E-state index contributed by atoms with van der Waals surface area (Å²) in [6.45, 7) is 6.55. The minimum atomic E-state index is -0.148. The van der Waals surface area contributed by atoms with Crippen molar-refractivity contribution in [1.82, 2.24) is 4.90 Å². The molecule has 0 saturated carbocycles. The topological polar surface area (TPSA) is 29.5 Å². The molecule has 0 rings (SSSR count). The van der Waals surface area contributed by atoms with E-state index >= 15 is 0 Å². The molecule has 3 nitrogen and oxygen atoms in total. The molecule has 0 aliphatic carbocycles. The van der Waals surface area contributed by atoms with Crippen LogP contribution in [0.1, 0.15) is 26.7 Å². The highest BCUT2D eigenvalue weighted by Crippen LogP contribution is 1.94. The number of nitrogens with zero attached hydrogens (tertiary/aromatic N) is 1. The van der Waals surface area contributed by atoms with Crippen molar-refractivity contribution in [2.45, 2.75) is 26.7 Å². The number of methoxy groups -OCH3 is 1. The van der Waals surface area contributed by atoms with Crippen LogP contribution in [0.4, 0.5) is 0 Å². The number of ether oxygens (including phenoxy) is 1. The molecule has 0 aromatic rings. The van der Waals surface area contributed by atoms with Gasteiger partial charge in [-0.3, -0.25) is 4.79 Å². The van der Waals surface area contributed by atoms with Gasteiger partial charge in [0.1, 0.15) is 0 Å². The third kappa shape index (κ3) is 6.50. The number of hydrogen-bond donors (Lipinski definition) is 0. The zero-order chi connectivity index (χ0) is 10.8. The normalized spacial score (nSPS) is 9.43. The van der Waals surface area contributed by atoms with Crippen molar-refractivity contribution in [2.24, 2.45) is 0 Å². The molecule has 0 saturated heterocycles. The Morgan fingerprint density at radius 2 is 2.14 bits per heavy atom. The molecule has 0 radical (unpaired) electrons. The van der Waals surface area contributed by atoms with Crippen molar-refractivity contribution >= 4 is 5.97 Å². The van der Waals surface area contributed by atoms with Gasteiger partial charge >= 0.3 is 5.97 Å². The van der Waals surface area contributed by atoms with Crippen molar-refractivity contribution in [1.29, 1.82) is 0 Å². The van der Waals surface area contributed by atoms with Gasteiger partial charge in [0, 0.05) is 19.5 Å².